The van der Waals surface area contributed by atoms with Crippen LogP contribution in [0.5, 0.6) is 0 Å². The van der Waals surface area contributed by atoms with Crippen LogP contribution in [0.4, 0.5) is 5.69 Å². The van der Waals surface area contributed by atoms with Gasteiger partial charge < -0.3 is 15.5 Å². The number of aromatic nitrogens is 2. The van der Waals surface area contributed by atoms with E-state index >= 15 is 0 Å². The smallest absolute Gasteiger partial charge is 0.191 e. The average molecular weight is 544 g/mol. The molecule has 170 valence electrons. The molecular weight excluding hydrogens is 511 g/mol. The molecule has 1 aliphatic heterocycles. The Bertz CT molecular complexity index is 1030. The van der Waals surface area contributed by atoms with Gasteiger partial charge in [-0.15, -0.1) is 24.0 Å². The summed E-state index contributed by atoms with van der Waals surface area (Å²) < 4.78 is 2.01. The first-order valence-electron chi connectivity index (χ1n) is 11.0. The van der Waals surface area contributed by atoms with E-state index in [0.29, 0.717) is 12.5 Å². The Morgan fingerprint density at radius 3 is 2.53 bits per heavy atom. The van der Waals surface area contributed by atoms with Gasteiger partial charge in [0.25, 0.3) is 0 Å². The maximum Gasteiger partial charge on any atom is 0.191 e. The van der Waals surface area contributed by atoms with E-state index in [1.807, 2.05) is 18.7 Å². The summed E-state index contributed by atoms with van der Waals surface area (Å²) in [4.78, 5) is 6.89. The van der Waals surface area contributed by atoms with Gasteiger partial charge in [0.05, 0.1) is 11.4 Å². The van der Waals surface area contributed by atoms with E-state index in [9.17, 15) is 0 Å². The summed E-state index contributed by atoms with van der Waals surface area (Å²) in [5, 5.41) is 11.6. The largest absolute Gasteiger partial charge is 0.371 e. The number of nitrogens with zero attached hydrogens (tertiary/aromatic N) is 4. The van der Waals surface area contributed by atoms with Crippen molar-refractivity contribution in [3.05, 3.63) is 77.6 Å². The number of aryl methyl sites for hydroxylation is 2. The minimum absolute atomic E-state index is 0. The minimum Gasteiger partial charge on any atom is -0.371 e. The first kappa shape index (κ1) is 24.1. The molecule has 32 heavy (non-hydrogen) atoms. The fraction of sp³-hybridized carbons (Fsp3) is 0.360. The van der Waals surface area contributed by atoms with Crippen molar-refractivity contribution in [2.45, 2.75) is 26.8 Å². The van der Waals surface area contributed by atoms with Crippen LogP contribution in [-0.2, 0) is 6.54 Å². The second-order valence-corrected chi connectivity index (χ2v) is 8.21. The van der Waals surface area contributed by atoms with Gasteiger partial charge in [0.15, 0.2) is 5.96 Å². The van der Waals surface area contributed by atoms with E-state index in [4.69, 9.17) is 0 Å². The topological polar surface area (TPSA) is 57.5 Å². The number of halogens is 1. The Morgan fingerprint density at radius 2 is 1.81 bits per heavy atom. The molecule has 6 nitrogen and oxygen atoms in total. The standard InChI is InChI=1S/C25H32N6.HI/c1-19-15-20(2)31(29-19)24-12-8-7-9-22(24)17-28-25(26-3)27-16-21-13-14-30(18-21)23-10-5-4-6-11-23;/h4-12,15,21H,13-14,16-18H2,1-3H3,(H2,26,27,28);1H. The molecule has 2 N–H and O–H groups in total. The second-order valence-electron chi connectivity index (χ2n) is 8.21. The summed E-state index contributed by atoms with van der Waals surface area (Å²) in [6.07, 6.45) is 1.19. The van der Waals surface area contributed by atoms with Gasteiger partial charge in [-0.2, -0.15) is 5.10 Å². The van der Waals surface area contributed by atoms with E-state index < -0.39 is 0 Å². The van der Waals surface area contributed by atoms with Crippen molar-refractivity contribution in [3.63, 3.8) is 0 Å². The third kappa shape index (κ3) is 5.82. The maximum atomic E-state index is 4.65. The number of guanidine groups is 1. The number of anilines is 1. The molecule has 7 heteroatoms. The van der Waals surface area contributed by atoms with Gasteiger partial charge >= 0.3 is 0 Å². The monoisotopic (exact) mass is 544 g/mol. The molecule has 0 saturated carbocycles. The average Bonchev–Trinajstić information content (AvgIpc) is 3.40. The van der Waals surface area contributed by atoms with Gasteiger partial charge in [0, 0.05) is 44.6 Å². The van der Waals surface area contributed by atoms with Crippen molar-refractivity contribution in [1.82, 2.24) is 20.4 Å². The highest BCUT2D eigenvalue weighted by Gasteiger charge is 2.22. The second kappa shape index (κ2) is 11.4. The molecule has 3 aromatic rings. The Balaban J connectivity index is 0.00000289. The van der Waals surface area contributed by atoms with Gasteiger partial charge in [0.1, 0.15) is 0 Å². The summed E-state index contributed by atoms with van der Waals surface area (Å²) >= 11 is 0. The maximum absolute atomic E-state index is 4.65. The number of rotatable bonds is 6. The predicted molar refractivity (Wildman–Crippen MR) is 143 cm³/mol. The Morgan fingerprint density at radius 1 is 1.06 bits per heavy atom. The molecule has 2 aromatic carbocycles. The lowest BCUT2D eigenvalue weighted by molar-refractivity contribution is 0.565. The van der Waals surface area contributed by atoms with Gasteiger partial charge in [-0.1, -0.05) is 36.4 Å². The number of nitrogens with one attached hydrogen (secondary N) is 2. The molecule has 0 spiro atoms. The van der Waals surface area contributed by atoms with Crippen LogP contribution < -0.4 is 15.5 Å². The normalized spacial score (nSPS) is 16.0. The summed E-state index contributed by atoms with van der Waals surface area (Å²) in [5.74, 6) is 1.45. The summed E-state index contributed by atoms with van der Waals surface area (Å²) in [7, 11) is 1.83. The van der Waals surface area contributed by atoms with Gasteiger partial charge in [-0.05, 0) is 56.0 Å². The van der Waals surface area contributed by atoms with Crippen molar-refractivity contribution in [2.75, 3.05) is 31.6 Å². The van der Waals surface area contributed by atoms with Crippen molar-refractivity contribution in [2.24, 2.45) is 10.9 Å². The number of hydrogen-bond acceptors (Lipinski definition) is 3. The summed E-state index contributed by atoms with van der Waals surface area (Å²) in [5.41, 5.74) is 5.77. The van der Waals surface area contributed by atoms with Crippen LogP contribution in [0.1, 0.15) is 23.4 Å². The van der Waals surface area contributed by atoms with Crippen molar-refractivity contribution in [3.8, 4) is 5.69 Å². The first-order valence-corrected chi connectivity index (χ1v) is 11.0. The molecule has 1 aromatic heterocycles. The van der Waals surface area contributed by atoms with Crippen LogP contribution in [0.15, 0.2) is 65.7 Å². The number of aliphatic imine (C=N–C) groups is 1. The highest BCUT2D eigenvalue weighted by atomic mass is 127. The Labute approximate surface area is 208 Å². The van der Waals surface area contributed by atoms with Crippen molar-refractivity contribution >= 4 is 35.6 Å². The first-order chi connectivity index (χ1) is 15.1. The molecule has 0 aliphatic carbocycles. The third-order valence-electron chi connectivity index (χ3n) is 5.86. The van der Waals surface area contributed by atoms with Crippen LogP contribution in [0.3, 0.4) is 0 Å². The molecule has 1 fully saturated rings. The molecule has 4 rings (SSSR count). The molecule has 0 bridgehead atoms. The number of hydrogen-bond donors (Lipinski definition) is 2. The van der Waals surface area contributed by atoms with E-state index in [2.05, 4.69) is 93.2 Å². The lowest BCUT2D eigenvalue weighted by Crippen LogP contribution is -2.40. The molecule has 1 aliphatic rings. The van der Waals surface area contributed by atoms with E-state index in [1.165, 1.54) is 17.7 Å². The zero-order valence-corrected chi connectivity index (χ0v) is 21.4. The number of benzene rings is 2. The minimum atomic E-state index is 0. The SMILES string of the molecule is CN=C(NCc1ccccc1-n1nc(C)cc1C)NCC1CCN(c2ccccc2)C1.I. The summed E-state index contributed by atoms with van der Waals surface area (Å²) in [6, 6.07) is 21.1. The quantitative estimate of drug-likeness (QED) is 0.276. The lowest BCUT2D eigenvalue weighted by Gasteiger charge is -2.19. The van der Waals surface area contributed by atoms with Gasteiger partial charge in [-0.3, -0.25) is 4.99 Å². The molecule has 1 unspecified atom stereocenters. The van der Waals surface area contributed by atoms with Crippen LogP contribution in [-0.4, -0.2) is 42.4 Å². The molecule has 2 heterocycles. The molecule has 0 amide bonds. The van der Waals surface area contributed by atoms with Gasteiger partial charge in [0.2, 0.25) is 0 Å². The van der Waals surface area contributed by atoms with Crippen molar-refractivity contribution < 1.29 is 0 Å². The fourth-order valence-electron chi connectivity index (χ4n) is 4.25. The summed E-state index contributed by atoms with van der Waals surface area (Å²) in [6.45, 7) is 7.91. The molecule has 1 atom stereocenters. The van der Waals surface area contributed by atoms with Crippen LogP contribution in [0.2, 0.25) is 0 Å². The molecule has 1 saturated heterocycles. The highest BCUT2D eigenvalue weighted by molar-refractivity contribution is 14.0. The lowest BCUT2D eigenvalue weighted by atomic mass is 10.1. The van der Waals surface area contributed by atoms with E-state index in [0.717, 1.165) is 42.7 Å². The van der Waals surface area contributed by atoms with Crippen LogP contribution in [0.25, 0.3) is 5.69 Å². The van der Waals surface area contributed by atoms with Crippen LogP contribution >= 0.6 is 24.0 Å². The fourth-order valence-corrected chi connectivity index (χ4v) is 4.25. The zero-order valence-electron chi connectivity index (χ0n) is 19.1. The molecule has 0 radical (unpaired) electrons. The van der Waals surface area contributed by atoms with Crippen LogP contribution in [0, 0.1) is 19.8 Å². The van der Waals surface area contributed by atoms with Crippen molar-refractivity contribution in [1.29, 1.82) is 0 Å². The van der Waals surface area contributed by atoms with Gasteiger partial charge in [-0.25, -0.2) is 4.68 Å². The zero-order chi connectivity index (χ0) is 21.6. The number of para-hydroxylation sites is 2. The third-order valence-corrected chi connectivity index (χ3v) is 5.86. The Hall–Kier alpha value is -2.55. The predicted octanol–water partition coefficient (Wildman–Crippen LogP) is 4.30. The highest BCUT2D eigenvalue weighted by Crippen LogP contribution is 2.23. The molecular formula is C25H33IN6. The Kier molecular flexibility index (Phi) is 8.55. The van der Waals surface area contributed by atoms with E-state index in [-0.39, 0.29) is 24.0 Å². The van der Waals surface area contributed by atoms with E-state index in [1.54, 1.807) is 0 Å².